The lowest BCUT2D eigenvalue weighted by atomic mass is 9.49. The molecule has 0 heterocycles. The molecule has 4 aliphatic carbocycles. The van der Waals surface area contributed by atoms with Crippen molar-refractivity contribution in [3.05, 3.63) is 0 Å². The van der Waals surface area contributed by atoms with E-state index in [1.807, 2.05) is 6.92 Å². The normalized spacial score (nSPS) is 41.3. The first-order chi connectivity index (χ1) is 9.08. The van der Waals surface area contributed by atoms with Gasteiger partial charge in [-0.25, -0.2) is 0 Å². The molecule has 1 atom stereocenters. The molecule has 4 bridgehead atoms. The van der Waals surface area contributed by atoms with Crippen LogP contribution in [0.3, 0.4) is 0 Å². The van der Waals surface area contributed by atoms with E-state index in [1.54, 1.807) is 0 Å². The fourth-order valence-electron chi connectivity index (χ4n) is 5.44. The molecule has 3 nitrogen and oxygen atoms in total. The minimum atomic E-state index is 0.103. The van der Waals surface area contributed by atoms with Crippen LogP contribution in [0.4, 0.5) is 0 Å². The molecule has 0 radical (unpaired) electrons. The van der Waals surface area contributed by atoms with Gasteiger partial charge in [0.2, 0.25) is 5.91 Å². The van der Waals surface area contributed by atoms with E-state index in [0.29, 0.717) is 11.8 Å². The maximum absolute atomic E-state index is 12.2. The Labute approximate surface area is 116 Å². The zero-order valence-corrected chi connectivity index (χ0v) is 12.0. The molecular formula is C16H27NO2. The smallest absolute Gasteiger partial charge is 0.220 e. The summed E-state index contributed by atoms with van der Waals surface area (Å²) in [6, 6.07) is 0.103. The summed E-state index contributed by atoms with van der Waals surface area (Å²) >= 11 is 0. The highest BCUT2D eigenvalue weighted by Gasteiger charge is 2.51. The van der Waals surface area contributed by atoms with E-state index in [0.717, 1.165) is 24.2 Å². The monoisotopic (exact) mass is 265 g/mol. The number of carbonyl (C=O) groups is 1. The van der Waals surface area contributed by atoms with Gasteiger partial charge in [0, 0.05) is 19.1 Å². The molecule has 0 aromatic heterocycles. The van der Waals surface area contributed by atoms with Gasteiger partial charge in [-0.2, -0.15) is 0 Å². The summed E-state index contributed by atoms with van der Waals surface area (Å²) in [5.41, 5.74) is 0.331. The van der Waals surface area contributed by atoms with Crippen molar-refractivity contribution in [1.29, 1.82) is 0 Å². The van der Waals surface area contributed by atoms with Crippen LogP contribution < -0.4 is 5.32 Å². The predicted molar refractivity (Wildman–Crippen MR) is 74.5 cm³/mol. The van der Waals surface area contributed by atoms with Gasteiger partial charge in [-0.3, -0.25) is 4.79 Å². The number of carbonyl (C=O) groups excluding carboxylic acids is 1. The Bertz CT molecular complexity index is 317. The van der Waals surface area contributed by atoms with E-state index < -0.39 is 0 Å². The number of aliphatic hydroxyl groups is 1. The van der Waals surface area contributed by atoms with Crippen molar-refractivity contribution < 1.29 is 9.90 Å². The minimum absolute atomic E-state index is 0.103. The topological polar surface area (TPSA) is 49.3 Å². The van der Waals surface area contributed by atoms with Crippen molar-refractivity contribution in [3.8, 4) is 0 Å². The van der Waals surface area contributed by atoms with Gasteiger partial charge in [0.1, 0.15) is 0 Å². The van der Waals surface area contributed by atoms with Crippen molar-refractivity contribution in [1.82, 2.24) is 5.32 Å². The highest BCUT2D eigenvalue weighted by atomic mass is 16.3. The number of aliphatic hydroxyl groups excluding tert-OH is 1. The molecule has 0 aromatic carbocycles. The van der Waals surface area contributed by atoms with Crippen molar-refractivity contribution in [2.45, 2.75) is 64.3 Å². The van der Waals surface area contributed by atoms with Crippen LogP contribution >= 0.6 is 0 Å². The van der Waals surface area contributed by atoms with E-state index >= 15 is 0 Å². The Morgan fingerprint density at radius 3 is 2.21 bits per heavy atom. The zero-order chi connectivity index (χ0) is 13.5. The second kappa shape index (κ2) is 5.08. The van der Waals surface area contributed by atoms with Gasteiger partial charge >= 0.3 is 0 Å². The first kappa shape index (κ1) is 13.4. The molecule has 19 heavy (non-hydrogen) atoms. The standard InChI is InChI=1S/C16H27NO2/c1-11(2-3-18)17-15(19)10-16-7-12-4-13(8-16)6-14(5-12)9-16/h11-14,18H,2-10H2,1H3,(H,17,19). The molecule has 0 saturated heterocycles. The van der Waals surface area contributed by atoms with Crippen LogP contribution in [0.2, 0.25) is 0 Å². The van der Waals surface area contributed by atoms with E-state index in [1.165, 1.54) is 38.5 Å². The maximum Gasteiger partial charge on any atom is 0.220 e. The summed E-state index contributed by atoms with van der Waals surface area (Å²) in [5, 5.41) is 12.0. The average molecular weight is 265 g/mol. The summed E-state index contributed by atoms with van der Waals surface area (Å²) in [7, 11) is 0. The van der Waals surface area contributed by atoms with Crippen LogP contribution in [0.5, 0.6) is 0 Å². The lowest BCUT2D eigenvalue weighted by Crippen LogP contribution is -2.48. The van der Waals surface area contributed by atoms with Crippen LogP contribution in [0, 0.1) is 23.2 Å². The molecule has 0 aliphatic heterocycles. The maximum atomic E-state index is 12.2. The largest absolute Gasteiger partial charge is 0.396 e. The van der Waals surface area contributed by atoms with E-state index in [4.69, 9.17) is 5.11 Å². The average Bonchev–Trinajstić information content (AvgIpc) is 2.25. The SMILES string of the molecule is CC(CCO)NC(=O)CC12CC3CC(CC(C3)C1)C2. The van der Waals surface area contributed by atoms with Crippen molar-refractivity contribution in [2.24, 2.45) is 23.2 Å². The Balaban J connectivity index is 1.58. The lowest BCUT2D eigenvalue weighted by molar-refractivity contribution is -0.130. The molecule has 1 amide bonds. The second-order valence-corrected chi connectivity index (χ2v) is 7.58. The van der Waals surface area contributed by atoms with E-state index in [-0.39, 0.29) is 18.6 Å². The number of rotatable bonds is 5. The van der Waals surface area contributed by atoms with E-state index in [2.05, 4.69) is 5.32 Å². The van der Waals surface area contributed by atoms with Gasteiger partial charge in [0.05, 0.1) is 0 Å². The minimum Gasteiger partial charge on any atom is -0.396 e. The molecule has 4 aliphatic rings. The van der Waals surface area contributed by atoms with Gasteiger partial charge < -0.3 is 10.4 Å². The molecule has 3 heteroatoms. The third-order valence-electron chi connectivity index (χ3n) is 5.67. The molecule has 0 spiro atoms. The fraction of sp³-hybridized carbons (Fsp3) is 0.938. The Kier molecular flexibility index (Phi) is 3.59. The van der Waals surface area contributed by atoms with Crippen LogP contribution in [0.1, 0.15) is 58.3 Å². The third kappa shape index (κ3) is 2.81. The third-order valence-corrected chi connectivity index (χ3v) is 5.67. The Morgan fingerprint density at radius 1 is 1.21 bits per heavy atom. The number of amides is 1. The first-order valence-electron chi connectivity index (χ1n) is 7.99. The van der Waals surface area contributed by atoms with Gasteiger partial charge in [-0.15, -0.1) is 0 Å². The highest BCUT2D eigenvalue weighted by molar-refractivity contribution is 5.77. The number of nitrogens with one attached hydrogen (secondary N) is 1. The van der Waals surface area contributed by atoms with Crippen molar-refractivity contribution >= 4 is 5.91 Å². The van der Waals surface area contributed by atoms with Gasteiger partial charge in [-0.1, -0.05) is 0 Å². The van der Waals surface area contributed by atoms with Gasteiger partial charge in [-0.05, 0) is 75.0 Å². The summed E-state index contributed by atoms with van der Waals surface area (Å²) < 4.78 is 0. The summed E-state index contributed by atoms with van der Waals surface area (Å²) in [4.78, 5) is 12.2. The Hall–Kier alpha value is -0.570. The summed E-state index contributed by atoms with van der Waals surface area (Å²) in [5.74, 6) is 2.94. The second-order valence-electron chi connectivity index (χ2n) is 7.58. The molecule has 2 N–H and O–H groups in total. The van der Waals surface area contributed by atoms with Crippen LogP contribution in [-0.4, -0.2) is 23.7 Å². The van der Waals surface area contributed by atoms with E-state index in [9.17, 15) is 4.79 Å². The molecular weight excluding hydrogens is 238 g/mol. The quantitative estimate of drug-likeness (QED) is 0.802. The van der Waals surface area contributed by atoms with Crippen LogP contribution in [-0.2, 0) is 4.79 Å². The molecule has 4 fully saturated rings. The van der Waals surface area contributed by atoms with Crippen molar-refractivity contribution in [3.63, 3.8) is 0 Å². The van der Waals surface area contributed by atoms with Crippen molar-refractivity contribution in [2.75, 3.05) is 6.61 Å². The van der Waals surface area contributed by atoms with Gasteiger partial charge in [0.15, 0.2) is 0 Å². The van der Waals surface area contributed by atoms with Crippen LogP contribution in [0.25, 0.3) is 0 Å². The number of hydrogen-bond acceptors (Lipinski definition) is 2. The lowest BCUT2D eigenvalue weighted by Gasteiger charge is -2.56. The molecule has 0 aromatic rings. The first-order valence-corrected chi connectivity index (χ1v) is 7.99. The van der Waals surface area contributed by atoms with Crippen LogP contribution in [0.15, 0.2) is 0 Å². The Morgan fingerprint density at radius 2 is 1.74 bits per heavy atom. The number of hydrogen-bond donors (Lipinski definition) is 2. The molecule has 1 unspecified atom stereocenters. The molecule has 4 saturated carbocycles. The zero-order valence-electron chi connectivity index (χ0n) is 12.0. The highest BCUT2D eigenvalue weighted by Crippen LogP contribution is 2.61. The molecule has 4 rings (SSSR count). The van der Waals surface area contributed by atoms with Gasteiger partial charge in [0.25, 0.3) is 0 Å². The fourth-order valence-corrected chi connectivity index (χ4v) is 5.44. The predicted octanol–water partition coefficient (Wildman–Crippen LogP) is 2.48. The summed E-state index contributed by atoms with van der Waals surface area (Å²) in [6.07, 6.45) is 9.56. The summed E-state index contributed by atoms with van der Waals surface area (Å²) in [6.45, 7) is 2.13. The molecule has 108 valence electrons.